The number of hydrogen-bond donors (Lipinski definition) is 2. The molecule has 0 bridgehead atoms. The SMILES string of the molecule is CNc1ccccc1S(=O)(=O)N1CCNCC1. The van der Waals surface area contributed by atoms with Gasteiger partial charge < -0.3 is 10.6 Å². The van der Waals surface area contributed by atoms with Gasteiger partial charge in [-0.25, -0.2) is 8.42 Å². The van der Waals surface area contributed by atoms with Crippen LogP contribution in [0, 0.1) is 0 Å². The van der Waals surface area contributed by atoms with Crippen LogP contribution < -0.4 is 10.6 Å². The molecule has 1 heterocycles. The molecule has 0 aromatic heterocycles. The van der Waals surface area contributed by atoms with E-state index in [-0.39, 0.29) is 0 Å². The standard InChI is InChI=1S/C11H17N3O2S/c1-12-10-4-2-3-5-11(10)17(15,16)14-8-6-13-7-9-14/h2-5,12-13H,6-9H2,1H3. The van der Waals surface area contributed by atoms with Crippen LogP contribution in [0.25, 0.3) is 0 Å². The second-order valence-electron chi connectivity index (χ2n) is 3.90. The van der Waals surface area contributed by atoms with Crippen molar-refractivity contribution in [2.75, 3.05) is 38.5 Å². The smallest absolute Gasteiger partial charge is 0.245 e. The third-order valence-corrected chi connectivity index (χ3v) is 4.81. The Morgan fingerprint density at radius 3 is 2.53 bits per heavy atom. The van der Waals surface area contributed by atoms with E-state index in [9.17, 15) is 8.42 Å². The molecule has 0 unspecified atom stereocenters. The lowest BCUT2D eigenvalue weighted by Gasteiger charge is -2.27. The van der Waals surface area contributed by atoms with E-state index < -0.39 is 10.0 Å². The Hall–Kier alpha value is -1.11. The van der Waals surface area contributed by atoms with Gasteiger partial charge in [0.1, 0.15) is 4.90 Å². The van der Waals surface area contributed by atoms with Crippen molar-refractivity contribution < 1.29 is 8.42 Å². The van der Waals surface area contributed by atoms with Crippen molar-refractivity contribution in [1.29, 1.82) is 0 Å². The third-order valence-electron chi connectivity index (χ3n) is 2.85. The Morgan fingerprint density at radius 2 is 1.88 bits per heavy atom. The highest BCUT2D eigenvalue weighted by Crippen LogP contribution is 2.24. The highest BCUT2D eigenvalue weighted by atomic mass is 32.2. The van der Waals surface area contributed by atoms with Gasteiger partial charge in [-0.2, -0.15) is 4.31 Å². The van der Waals surface area contributed by atoms with E-state index in [0.717, 1.165) is 0 Å². The van der Waals surface area contributed by atoms with Crippen LogP contribution in [0.3, 0.4) is 0 Å². The van der Waals surface area contributed by atoms with Crippen LogP contribution in [0.2, 0.25) is 0 Å². The van der Waals surface area contributed by atoms with Gasteiger partial charge in [0.15, 0.2) is 0 Å². The van der Waals surface area contributed by atoms with Crippen LogP contribution >= 0.6 is 0 Å². The molecule has 17 heavy (non-hydrogen) atoms. The second-order valence-corrected chi connectivity index (χ2v) is 5.81. The minimum atomic E-state index is -3.37. The average Bonchev–Trinajstić information content (AvgIpc) is 2.39. The number of nitrogens with zero attached hydrogens (tertiary/aromatic N) is 1. The van der Waals surface area contributed by atoms with Gasteiger partial charge in [0, 0.05) is 33.2 Å². The molecular formula is C11H17N3O2S. The largest absolute Gasteiger partial charge is 0.387 e. The molecule has 0 radical (unpaired) electrons. The van der Waals surface area contributed by atoms with Crippen molar-refractivity contribution in [2.24, 2.45) is 0 Å². The number of hydrogen-bond acceptors (Lipinski definition) is 4. The van der Waals surface area contributed by atoms with Crippen molar-refractivity contribution in [1.82, 2.24) is 9.62 Å². The first-order chi connectivity index (χ1) is 8.16. The summed E-state index contributed by atoms with van der Waals surface area (Å²) < 4.78 is 26.4. The lowest BCUT2D eigenvalue weighted by Crippen LogP contribution is -2.46. The zero-order valence-electron chi connectivity index (χ0n) is 9.81. The molecule has 1 aliphatic rings. The molecule has 0 spiro atoms. The fourth-order valence-corrected chi connectivity index (χ4v) is 3.56. The molecule has 1 saturated heterocycles. The zero-order chi connectivity index (χ0) is 12.3. The normalized spacial score (nSPS) is 17.9. The van der Waals surface area contributed by atoms with Gasteiger partial charge >= 0.3 is 0 Å². The molecule has 0 aliphatic carbocycles. The highest BCUT2D eigenvalue weighted by Gasteiger charge is 2.27. The van der Waals surface area contributed by atoms with Gasteiger partial charge in [-0.3, -0.25) is 0 Å². The molecule has 0 amide bonds. The number of benzene rings is 1. The Balaban J connectivity index is 2.36. The summed E-state index contributed by atoms with van der Waals surface area (Å²) in [5.74, 6) is 0. The number of nitrogens with one attached hydrogen (secondary N) is 2. The molecule has 1 aliphatic heterocycles. The minimum Gasteiger partial charge on any atom is -0.387 e. The minimum absolute atomic E-state index is 0.351. The number of para-hydroxylation sites is 1. The maximum Gasteiger partial charge on any atom is 0.245 e. The predicted octanol–water partition coefficient (Wildman–Crippen LogP) is 0.322. The van der Waals surface area contributed by atoms with E-state index in [1.807, 2.05) is 6.07 Å². The Labute approximate surface area is 102 Å². The van der Waals surface area contributed by atoms with Gasteiger partial charge in [-0.05, 0) is 12.1 Å². The van der Waals surface area contributed by atoms with Gasteiger partial charge in [0.2, 0.25) is 10.0 Å². The second kappa shape index (κ2) is 5.03. The lowest BCUT2D eigenvalue weighted by molar-refractivity contribution is 0.360. The summed E-state index contributed by atoms with van der Waals surface area (Å²) in [6, 6.07) is 6.98. The monoisotopic (exact) mass is 255 g/mol. The molecule has 0 saturated carbocycles. The Morgan fingerprint density at radius 1 is 1.24 bits per heavy atom. The first kappa shape index (κ1) is 12.3. The summed E-state index contributed by atoms with van der Waals surface area (Å²) in [5, 5.41) is 6.06. The third kappa shape index (κ3) is 2.43. The van der Waals surface area contributed by atoms with Gasteiger partial charge in [-0.1, -0.05) is 12.1 Å². The fourth-order valence-electron chi connectivity index (χ4n) is 1.92. The molecule has 2 rings (SSSR count). The van der Waals surface area contributed by atoms with Gasteiger partial charge in [0.25, 0.3) is 0 Å². The number of piperazine rings is 1. The van der Waals surface area contributed by atoms with Gasteiger partial charge in [-0.15, -0.1) is 0 Å². The van der Waals surface area contributed by atoms with E-state index in [1.54, 1.807) is 25.2 Å². The molecule has 1 aromatic carbocycles. The highest BCUT2D eigenvalue weighted by molar-refractivity contribution is 7.89. The lowest BCUT2D eigenvalue weighted by atomic mass is 10.3. The van der Waals surface area contributed by atoms with Crippen molar-refractivity contribution in [2.45, 2.75) is 4.90 Å². The Bertz CT molecular complexity index is 481. The number of anilines is 1. The van der Waals surface area contributed by atoms with Crippen LogP contribution in [0.4, 0.5) is 5.69 Å². The summed E-state index contributed by atoms with van der Waals surface area (Å²) in [7, 11) is -1.65. The molecular weight excluding hydrogens is 238 g/mol. The maximum atomic E-state index is 12.4. The zero-order valence-corrected chi connectivity index (χ0v) is 10.6. The molecule has 0 atom stereocenters. The first-order valence-corrected chi connectivity index (χ1v) is 7.08. The van der Waals surface area contributed by atoms with Crippen molar-refractivity contribution in [3.05, 3.63) is 24.3 Å². The van der Waals surface area contributed by atoms with E-state index in [0.29, 0.717) is 36.8 Å². The summed E-state index contributed by atoms with van der Waals surface area (Å²) in [4.78, 5) is 0.351. The van der Waals surface area contributed by atoms with Crippen LogP contribution in [0.15, 0.2) is 29.2 Å². The predicted molar refractivity (Wildman–Crippen MR) is 67.6 cm³/mol. The number of rotatable bonds is 3. The molecule has 6 heteroatoms. The van der Waals surface area contributed by atoms with E-state index in [2.05, 4.69) is 10.6 Å². The van der Waals surface area contributed by atoms with Gasteiger partial charge in [0.05, 0.1) is 5.69 Å². The van der Waals surface area contributed by atoms with E-state index in [4.69, 9.17) is 0 Å². The average molecular weight is 255 g/mol. The maximum absolute atomic E-state index is 12.4. The Kier molecular flexibility index (Phi) is 3.66. The molecule has 1 fully saturated rings. The molecule has 5 nitrogen and oxygen atoms in total. The van der Waals surface area contributed by atoms with Crippen molar-refractivity contribution >= 4 is 15.7 Å². The van der Waals surface area contributed by atoms with E-state index in [1.165, 1.54) is 4.31 Å². The van der Waals surface area contributed by atoms with Crippen LogP contribution in [0.1, 0.15) is 0 Å². The van der Waals surface area contributed by atoms with Crippen LogP contribution in [-0.4, -0.2) is 45.9 Å². The van der Waals surface area contributed by atoms with Crippen LogP contribution in [-0.2, 0) is 10.0 Å². The summed E-state index contributed by atoms with van der Waals surface area (Å²) >= 11 is 0. The summed E-state index contributed by atoms with van der Waals surface area (Å²) in [6.07, 6.45) is 0. The topological polar surface area (TPSA) is 61.4 Å². The first-order valence-electron chi connectivity index (χ1n) is 5.64. The van der Waals surface area contributed by atoms with Crippen LogP contribution in [0.5, 0.6) is 0 Å². The quantitative estimate of drug-likeness (QED) is 0.817. The van der Waals surface area contributed by atoms with E-state index >= 15 is 0 Å². The molecule has 94 valence electrons. The number of sulfonamides is 1. The fraction of sp³-hybridized carbons (Fsp3) is 0.455. The molecule has 2 N–H and O–H groups in total. The molecule has 1 aromatic rings. The van der Waals surface area contributed by atoms with Crippen molar-refractivity contribution in [3.8, 4) is 0 Å². The summed E-state index contributed by atoms with van der Waals surface area (Å²) in [5.41, 5.74) is 0.644. The summed E-state index contributed by atoms with van der Waals surface area (Å²) in [6.45, 7) is 2.47. The van der Waals surface area contributed by atoms with Crippen molar-refractivity contribution in [3.63, 3.8) is 0 Å².